The van der Waals surface area contributed by atoms with E-state index in [9.17, 15) is 4.79 Å². The Morgan fingerprint density at radius 3 is 2.95 bits per heavy atom. The van der Waals surface area contributed by atoms with E-state index in [-0.39, 0.29) is 12.0 Å². The van der Waals surface area contributed by atoms with Crippen LogP contribution >= 0.6 is 11.3 Å². The van der Waals surface area contributed by atoms with Gasteiger partial charge in [-0.25, -0.2) is 0 Å². The SMILES string of the molecule is CC(C)(N)CC(=O)N(Cc1cccs1)CC1CCCO1. The van der Waals surface area contributed by atoms with Crippen LogP contribution in [-0.4, -0.2) is 35.6 Å². The Hall–Kier alpha value is -0.910. The van der Waals surface area contributed by atoms with Gasteiger partial charge in [0.25, 0.3) is 0 Å². The first-order chi connectivity index (χ1) is 9.44. The van der Waals surface area contributed by atoms with Gasteiger partial charge < -0.3 is 15.4 Å². The van der Waals surface area contributed by atoms with Crippen LogP contribution in [0.4, 0.5) is 0 Å². The number of rotatable bonds is 6. The van der Waals surface area contributed by atoms with Crippen LogP contribution in [0.1, 0.15) is 38.0 Å². The van der Waals surface area contributed by atoms with E-state index in [2.05, 4.69) is 6.07 Å². The summed E-state index contributed by atoms with van der Waals surface area (Å²) in [6.45, 7) is 5.92. The van der Waals surface area contributed by atoms with Crippen LogP contribution in [0.15, 0.2) is 17.5 Å². The Morgan fingerprint density at radius 1 is 1.60 bits per heavy atom. The molecule has 20 heavy (non-hydrogen) atoms. The molecule has 1 fully saturated rings. The first-order valence-electron chi connectivity index (χ1n) is 7.15. The first kappa shape index (κ1) is 15.5. The highest BCUT2D eigenvalue weighted by Gasteiger charge is 2.26. The van der Waals surface area contributed by atoms with Crippen molar-refractivity contribution in [2.75, 3.05) is 13.2 Å². The Kier molecular flexibility index (Phi) is 5.18. The van der Waals surface area contributed by atoms with Gasteiger partial charge in [-0.3, -0.25) is 4.79 Å². The minimum absolute atomic E-state index is 0.112. The van der Waals surface area contributed by atoms with Crippen molar-refractivity contribution < 1.29 is 9.53 Å². The minimum atomic E-state index is -0.471. The van der Waals surface area contributed by atoms with Gasteiger partial charge >= 0.3 is 0 Å². The summed E-state index contributed by atoms with van der Waals surface area (Å²) in [6, 6.07) is 4.08. The maximum atomic E-state index is 12.5. The quantitative estimate of drug-likeness (QED) is 0.877. The van der Waals surface area contributed by atoms with Crippen LogP contribution in [0, 0.1) is 0 Å². The highest BCUT2D eigenvalue weighted by molar-refractivity contribution is 7.09. The molecule has 2 rings (SSSR count). The molecule has 112 valence electrons. The second kappa shape index (κ2) is 6.70. The topological polar surface area (TPSA) is 55.6 Å². The number of hydrogen-bond donors (Lipinski definition) is 1. The average molecular weight is 296 g/mol. The fourth-order valence-electron chi connectivity index (χ4n) is 2.38. The zero-order chi connectivity index (χ0) is 14.6. The zero-order valence-corrected chi connectivity index (χ0v) is 13.1. The van der Waals surface area contributed by atoms with Gasteiger partial charge in [0.15, 0.2) is 0 Å². The number of nitrogens with two attached hydrogens (primary N) is 1. The summed E-state index contributed by atoms with van der Waals surface area (Å²) in [7, 11) is 0. The van der Waals surface area contributed by atoms with Crippen molar-refractivity contribution in [1.29, 1.82) is 0 Å². The normalized spacial score (nSPS) is 19.2. The van der Waals surface area contributed by atoms with Crippen molar-refractivity contribution in [3.8, 4) is 0 Å². The third-order valence-electron chi connectivity index (χ3n) is 3.33. The molecule has 1 atom stereocenters. The summed E-state index contributed by atoms with van der Waals surface area (Å²) in [6.07, 6.45) is 2.68. The number of nitrogens with zero attached hydrogens (tertiary/aromatic N) is 1. The molecule has 4 nitrogen and oxygen atoms in total. The van der Waals surface area contributed by atoms with E-state index in [1.54, 1.807) is 11.3 Å². The van der Waals surface area contributed by atoms with E-state index in [1.807, 2.05) is 30.2 Å². The standard InChI is InChI=1S/C15H24N2O2S/c1-15(2,16)9-14(18)17(10-12-5-3-7-19-12)11-13-6-4-8-20-13/h4,6,8,12H,3,5,7,9-11,16H2,1-2H3. The van der Waals surface area contributed by atoms with E-state index < -0.39 is 5.54 Å². The van der Waals surface area contributed by atoms with E-state index in [0.717, 1.165) is 19.4 Å². The summed E-state index contributed by atoms with van der Waals surface area (Å²) in [5.74, 6) is 0.112. The number of carbonyl (C=O) groups is 1. The van der Waals surface area contributed by atoms with E-state index in [0.29, 0.717) is 19.5 Å². The molecule has 1 aliphatic heterocycles. The molecule has 0 aliphatic carbocycles. The third kappa shape index (κ3) is 4.89. The predicted octanol–water partition coefficient (Wildman–Crippen LogP) is 2.38. The van der Waals surface area contributed by atoms with Gasteiger partial charge in [0.05, 0.1) is 12.6 Å². The lowest BCUT2D eigenvalue weighted by atomic mass is 10.0. The monoisotopic (exact) mass is 296 g/mol. The lowest BCUT2D eigenvalue weighted by molar-refractivity contribution is -0.134. The Balaban J connectivity index is 2.00. The molecular formula is C15H24N2O2S. The molecule has 0 saturated carbocycles. The largest absolute Gasteiger partial charge is 0.376 e. The number of hydrogen-bond acceptors (Lipinski definition) is 4. The molecule has 0 aromatic carbocycles. The highest BCUT2D eigenvalue weighted by atomic mass is 32.1. The molecule has 0 radical (unpaired) electrons. The number of amides is 1. The molecule has 5 heteroatoms. The highest BCUT2D eigenvalue weighted by Crippen LogP contribution is 2.19. The summed E-state index contributed by atoms with van der Waals surface area (Å²) in [5.41, 5.74) is 5.51. The second-order valence-electron chi connectivity index (χ2n) is 6.15. The molecule has 1 unspecified atom stereocenters. The van der Waals surface area contributed by atoms with Crippen LogP contribution < -0.4 is 5.73 Å². The summed E-state index contributed by atoms with van der Waals surface area (Å²) < 4.78 is 5.66. The van der Waals surface area contributed by atoms with Gasteiger partial charge in [0.1, 0.15) is 0 Å². The molecule has 2 N–H and O–H groups in total. The predicted molar refractivity (Wildman–Crippen MR) is 81.6 cm³/mol. The first-order valence-corrected chi connectivity index (χ1v) is 8.03. The molecule has 2 heterocycles. The summed E-state index contributed by atoms with van der Waals surface area (Å²) in [4.78, 5) is 15.6. The second-order valence-corrected chi connectivity index (χ2v) is 7.19. The van der Waals surface area contributed by atoms with Crippen molar-refractivity contribution in [3.63, 3.8) is 0 Å². The Labute approximate surface area is 124 Å². The number of ether oxygens (including phenoxy) is 1. The lowest BCUT2D eigenvalue weighted by Gasteiger charge is -2.28. The Morgan fingerprint density at radius 2 is 2.40 bits per heavy atom. The van der Waals surface area contributed by atoms with Crippen LogP contribution in [-0.2, 0) is 16.1 Å². The van der Waals surface area contributed by atoms with Crippen molar-refractivity contribution in [1.82, 2.24) is 4.90 Å². The molecule has 0 bridgehead atoms. The fourth-order valence-corrected chi connectivity index (χ4v) is 3.10. The average Bonchev–Trinajstić information content (AvgIpc) is 2.98. The van der Waals surface area contributed by atoms with Crippen molar-refractivity contribution in [2.45, 2.75) is 51.3 Å². The zero-order valence-electron chi connectivity index (χ0n) is 12.3. The smallest absolute Gasteiger partial charge is 0.224 e. The van der Waals surface area contributed by atoms with Gasteiger partial charge in [0, 0.05) is 30.0 Å². The molecule has 1 aromatic heterocycles. The molecule has 1 amide bonds. The summed E-state index contributed by atoms with van der Waals surface area (Å²) in [5, 5.41) is 2.04. The van der Waals surface area contributed by atoms with Gasteiger partial charge in [-0.15, -0.1) is 11.3 Å². The molecule has 1 aromatic rings. The van der Waals surface area contributed by atoms with Crippen LogP contribution in [0.25, 0.3) is 0 Å². The maximum Gasteiger partial charge on any atom is 0.224 e. The van der Waals surface area contributed by atoms with Crippen molar-refractivity contribution >= 4 is 17.2 Å². The van der Waals surface area contributed by atoms with E-state index >= 15 is 0 Å². The van der Waals surface area contributed by atoms with E-state index in [1.165, 1.54) is 4.88 Å². The van der Waals surface area contributed by atoms with Crippen molar-refractivity contribution in [3.05, 3.63) is 22.4 Å². The van der Waals surface area contributed by atoms with Gasteiger partial charge in [-0.2, -0.15) is 0 Å². The number of carbonyl (C=O) groups excluding carboxylic acids is 1. The van der Waals surface area contributed by atoms with Gasteiger partial charge in [-0.05, 0) is 38.1 Å². The van der Waals surface area contributed by atoms with Gasteiger partial charge in [-0.1, -0.05) is 6.07 Å². The van der Waals surface area contributed by atoms with Gasteiger partial charge in [0.2, 0.25) is 5.91 Å². The lowest BCUT2D eigenvalue weighted by Crippen LogP contribution is -2.43. The molecular weight excluding hydrogens is 272 g/mol. The molecule has 1 aliphatic rings. The maximum absolute atomic E-state index is 12.5. The Bertz CT molecular complexity index is 420. The third-order valence-corrected chi connectivity index (χ3v) is 4.20. The van der Waals surface area contributed by atoms with E-state index in [4.69, 9.17) is 10.5 Å². The summed E-state index contributed by atoms with van der Waals surface area (Å²) >= 11 is 1.68. The van der Waals surface area contributed by atoms with Crippen LogP contribution in [0.2, 0.25) is 0 Å². The van der Waals surface area contributed by atoms with Crippen LogP contribution in [0.5, 0.6) is 0 Å². The number of thiophene rings is 1. The molecule has 0 spiro atoms. The minimum Gasteiger partial charge on any atom is -0.376 e. The molecule has 1 saturated heterocycles. The fraction of sp³-hybridized carbons (Fsp3) is 0.667. The van der Waals surface area contributed by atoms with Crippen LogP contribution in [0.3, 0.4) is 0 Å². The van der Waals surface area contributed by atoms with Crippen molar-refractivity contribution in [2.24, 2.45) is 5.73 Å².